The molecule has 1 N–H and O–H groups in total. The number of benzene rings is 2. The van der Waals surface area contributed by atoms with Gasteiger partial charge in [0.15, 0.2) is 4.34 Å². The molecule has 0 saturated carbocycles. The maximum Gasteiger partial charge on any atom is 0.262 e. The molecule has 1 aromatic heterocycles. The molecule has 1 aliphatic rings. The highest BCUT2D eigenvalue weighted by molar-refractivity contribution is 8.00. The van der Waals surface area contributed by atoms with E-state index in [1.165, 1.54) is 0 Å². The summed E-state index contributed by atoms with van der Waals surface area (Å²) in [5, 5.41) is 2.79. The fourth-order valence-electron chi connectivity index (χ4n) is 2.99. The van der Waals surface area contributed by atoms with E-state index in [4.69, 9.17) is 0 Å². The SMILES string of the molecule is CSc1nc2ccc(NC(=O)[C@H](C)N3C(=O)c4ccccc4C3=O)cc2s1. The first-order valence-corrected chi connectivity index (χ1v) is 10.3. The lowest BCUT2D eigenvalue weighted by Gasteiger charge is -2.21. The van der Waals surface area contributed by atoms with Gasteiger partial charge in [-0.2, -0.15) is 0 Å². The Labute approximate surface area is 163 Å². The first-order valence-electron chi connectivity index (χ1n) is 8.22. The van der Waals surface area contributed by atoms with Gasteiger partial charge < -0.3 is 5.32 Å². The molecule has 0 radical (unpaired) electrons. The molecule has 0 saturated heterocycles. The molecule has 1 atom stereocenters. The standard InChI is InChI=1S/C19H15N3O3S2/c1-10(22-17(24)12-5-3-4-6-13(12)18(22)25)16(23)20-11-7-8-14-15(9-11)27-19(21-14)26-2/h3-10H,1-2H3,(H,20,23)/t10-/m0/s1. The summed E-state index contributed by atoms with van der Waals surface area (Å²) in [6.45, 7) is 1.55. The Balaban J connectivity index is 1.55. The number of fused-ring (bicyclic) bond motifs is 2. The van der Waals surface area contributed by atoms with Crippen molar-refractivity contribution in [1.29, 1.82) is 0 Å². The number of carbonyl (C=O) groups excluding carboxylic acids is 3. The molecule has 0 fully saturated rings. The number of hydrogen-bond acceptors (Lipinski definition) is 6. The van der Waals surface area contributed by atoms with Crippen molar-refractivity contribution < 1.29 is 14.4 Å². The second-order valence-corrected chi connectivity index (χ2v) is 8.14. The number of anilines is 1. The molecule has 8 heteroatoms. The van der Waals surface area contributed by atoms with Crippen LogP contribution in [0, 0.1) is 0 Å². The lowest BCUT2D eigenvalue weighted by molar-refractivity contribution is -0.119. The third-order valence-corrected chi connectivity index (χ3v) is 6.41. The molecule has 3 amide bonds. The number of imide groups is 1. The highest BCUT2D eigenvalue weighted by Gasteiger charge is 2.40. The van der Waals surface area contributed by atoms with Gasteiger partial charge in [-0.05, 0) is 43.5 Å². The van der Waals surface area contributed by atoms with Gasteiger partial charge >= 0.3 is 0 Å². The topological polar surface area (TPSA) is 79.4 Å². The van der Waals surface area contributed by atoms with Gasteiger partial charge in [-0.25, -0.2) is 4.98 Å². The monoisotopic (exact) mass is 397 g/mol. The van der Waals surface area contributed by atoms with Crippen LogP contribution < -0.4 is 5.32 Å². The van der Waals surface area contributed by atoms with Crippen LogP contribution in [0.2, 0.25) is 0 Å². The Bertz CT molecular complexity index is 1060. The van der Waals surface area contributed by atoms with Gasteiger partial charge in [-0.3, -0.25) is 19.3 Å². The average Bonchev–Trinajstić information content (AvgIpc) is 3.20. The normalized spacial score (nSPS) is 14.5. The molecule has 6 nitrogen and oxygen atoms in total. The number of carbonyl (C=O) groups is 3. The second-order valence-electron chi connectivity index (χ2n) is 6.06. The number of aromatic nitrogens is 1. The van der Waals surface area contributed by atoms with Crippen LogP contribution >= 0.6 is 23.1 Å². The van der Waals surface area contributed by atoms with E-state index in [1.807, 2.05) is 18.4 Å². The minimum Gasteiger partial charge on any atom is -0.324 e. The van der Waals surface area contributed by atoms with Crippen LogP contribution in [0.5, 0.6) is 0 Å². The van der Waals surface area contributed by atoms with Crippen molar-refractivity contribution in [2.45, 2.75) is 17.3 Å². The second kappa shape index (κ2) is 6.79. The maximum atomic E-state index is 12.7. The fraction of sp³-hybridized carbons (Fsp3) is 0.158. The zero-order chi connectivity index (χ0) is 19.1. The van der Waals surface area contributed by atoms with Crippen LogP contribution in [-0.4, -0.2) is 39.9 Å². The number of amides is 3. The molecular weight excluding hydrogens is 382 g/mol. The molecule has 2 aromatic carbocycles. The van der Waals surface area contributed by atoms with Crippen molar-refractivity contribution in [2.75, 3.05) is 11.6 Å². The van der Waals surface area contributed by atoms with E-state index in [9.17, 15) is 14.4 Å². The van der Waals surface area contributed by atoms with Gasteiger partial charge in [0, 0.05) is 5.69 Å². The number of nitrogens with zero attached hydrogens (tertiary/aromatic N) is 2. The summed E-state index contributed by atoms with van der Waals surface area (Å²) in [7, 11) is 0. The van der Waals surface area contributed by atoms with Gasteiger partial charge in [0.05, 0.1) is 21.3 Å². The van der Waals surface area contributed by atoms with E-state index >= 15 is 0 Å². The minimum absolute atomic E-state index is 0.331. The molecule has 1 aliphatic heterocycles. The summed E-state index contributed by atoms with van der Waals surface area (Å²) >= 11 is 3.12. The van der Waals surface area contributed by atoms with E-state index in [0.717, 1.165) is 19.5 Å². The third kappa shape index (κ3) is 3.00. The number of nitrogens with one attached hydrogen (secondary N) is 1. The van der Waals surface area contributed by atoms with E-state index in [-0.39, 0.29) is 0 Å². The van der Waals surface area contributed by atoms with E-state index in [0.29, 0.717) is 16.8 Å². The predicted molar refractivity (Wildman–Crippen MR) is 106 cm³/mol. The average molecular weight is 397 g/mol. The zero-order valence-corrected chi connectivity index (χ0v) is 16.2. The Kier molecular flexibility index (Phi) is 4.45. The largest absolute Gasteiger partial charge is 0.324 e. The number of rotatable bonds is 4. The van der Waals surface area contributed by atoms with Crippen molar-refractivity contribution in [2.24, 2.45) is 0 Å². The molecule has 0 unspecified atom stereocenters. The van der Waals surface area contributed by atoms with Crippen LogP contribution in [0.1, 0.15) is 27.6 Å². The quantitative estimate of drug-likeness (QED) is 0.537. The lowest BCUT2D eigenvalue weighted by atomic mass is 10.1. The summed E-state index contributed by atoms with van der Waals surface area (Å²) in [6.07, 6.45) is 1.96. The highest BCUT2D eigenvalue weighted by atomic mass is 32.2. The van der Waals surface area contributed by atoms with Gasteiger partial charge in [0.1, 0.15) is 6.04 Å². The molecule has 2 heterocycles. The Morgan fingerprint density at radius 2 is 1.81 bits per heavy atom. The Hall–Kier alpha value is -2.71. The summed E-state index contributed by atoms with van der Waals surface area (Å²) in [4.78, 5) is 43.2. The highest BCUT2D eigenvalue weighted by Crippen LogP contribution is 2.30. The minimum atomic E-state index is -0.920. The molecule has 0 bridgehead atoms. The van der Waals surface area contributed by atoms with E-state index < -0.39 is 23.8 Å². The smallest absolute Gasteiger partial charge is 0.262 e. The van der Waals surface area contributed by atoms with Crippen LogP contribution in [0.25, 0.3) is 10.2 Å². The van der Waals surface area contributed by atoms with Crippen molar-refractivity contribution in [1.82, 2.24) is 9.88 Å². The maximum absolute atomic E-state index is 12.7. The van der Waals surface area contributed by atoms with Crippen molar-refractivity contribution in [3.8, 4) is 0 Å². The number of hydrogen-bond donors (Lipinski definition) is 1. The molecule has 27 heavy (non-hydrogen) atoms. The zero-order valence-electron chi connectivity index (χ0n) is 14.6. The third-order valence-electron chi connectivity index (χ3n) is 4.40. The van der Waals surface area contributed by atoms with Crippen molar-refractivity contribution in [3.63, 3.8) is 0 Å². The first-order chi connectivity index (χ1) is 13.0. The summed E-state index contributed by atoms with van der Waals surface area (Å²) in [5.41, 5.74) is 2.14. The number of thiazole rings is 1. The van der Waals surface area contributed by atoms with Crippen LogP contribution in [0.15, 0.2) is 46.8 Å². The number of thioether (sulfide) groups is 1. The lowest BCUT2D eigenvalue weighted by Crippen LogP contribution is -2.45. The van der Waals surface area contributed by atoms with Crippen LogP contribution in [0.3, 0.4) is 0 Å². The summed E-state index contributed by atoms with van der Waals surface area (Å²) in [5.74, 6) is -1.31. The summed E-state index contributed by atoms with van der Waals surface area (Å²) in [6, 6.07) is 11.1. The van der Waals surface area contributed by atoms with Crippen LogP contribution in [-0.2, 0) is 4.79 Å². The fourth-order valence-corrected chi connectivity index (χ4v) is 4.52. The van der Waals surface area contributed by atoms with E-state index in [1.54, 1.807) is 60.4 Å². The first kappa shape index (κ1) is 17.7. The Morgan fingerprint density at radius 3 is 2.44 bits per heavy atom. The van der Waals surface area contributed by atoms with Gasteiger partial charge in [0.2, 0.25) is 5.91 Å². The van der Waals surface area contributed by atoms with Gasteiger partial charge in [-0.1, -0.05) is 23.9 Å². The van der Waals surface area contributed by atoms with Crippen LogP contribution in [0.4, 0.5) is 5.69 Å². The van der Waals surface area contributed by atoms with Gasteiger partial charge in [-0.15, -0.1) is 11.3 Å². The molecule has 0 spiro atoms. The Morgan fingerprint density at radius 1 is 1.15 bits per heavy atom. The molecule has 0 aliphatic carbocycles. The molecule has 4 rings (SSSR count). The summed E-state index contributed by atoms with van der Waals surface area (Å²) < 4.78 is 1.92. The van der Waals surface area contributed by atoms with Gasteiger partial charge in [0.25, 0.3) is 11.8 Å². The molecule has 136 valence electrons. The predicted octanol–water partition coefficient (Wildman–Crippen LogP) is 3.64. The van der Waals surface area contributed by atoms with E-state index in [2.05, 4.69) is 10.3 Å². The van der Waals surface area contributed by atoms with Crippen molar-refractivity contribution >= 4 is 56.7 Å². The molecule has 3 aromatic rings. The van der Waals surface area contributed by atoms with Crippen molar-refractivity contribution in [3.05, 3.63) is 53.6 Å². The molecular formula is C19H15N3O3S2.